The van der Waals surface area contributed by atoms with Gasteiger partial charge in [0.15, 0.2) is 0 Å². The van der Waals surface area contributed by atoms with Crippen LogP contribution in [-0.4, -0.2) is 5.71 Å². The van der Waals surface area contributed by atoms with Crippen LogP contribution in [0.4, 0.5) is 5.69 Å². The molecule has 25 heavy (non-hydrogen) atoms. The number of rotatable bonds is 2. The highest BCUT2D eigenvalue weighted by Crippen LogP contribution is 2.46. The predicted octanol–water partition coefficient (Wildman–Crippen LogP) is 5.92. The van der Waals surface area contributed by atoms with Crippen LogP contribution in [0.3, 0.4) is 0 Å². The highest BCUT2D eigenvalue weighted by Gasteiger charge is 2.24. The van der Waals surface area contributed by atoms with E-state index >= 15 is 0 Å². The molecule has 1 aliphatic heterocycles. The van der Waals surface area contributed by atoms with Crippen LogP contribution in [0, 0.1) is 11.3 Å². The van der Waals surface area contributed by atoms with E-state index in [4.69, 9.17) is 4.99 Å². The highest BCUT2D eigenvalue weighted by molar-refractivity contribution is 7.99. The summed E-state index contributed by atoms with van der Waals surface area (Å²) in [4.78, 5) is 6.11. The third-order valence-electron chi connectivity index (χ3n) is 4.30. The smallest absolute Gasteiger partial charge is 0.0994 e. The average Bonchev–Trinajstić information content (AvgIpc) is 2.88. The number of aliphatic imine (C=N–C) groups is 1. The molecule has 1 unspecified atom stereocenters. The molecule has 0 N–H and O–H groups in total. The fraction of sp³-hybridized carbons (Fsp3) is 0.0909. The zero-order valence-corrected chi connectivity index (χ0v) is 14.4. The first-order valence-electron chi connectivity index (χ1n) is 8.23. The van der Waals surface area contributed by atoms with Gasteiger partial charge in [0.1, 0.15) is 0 Å². The molecule has 0 aliphatic carbocycles. The first-order chi connectivity index (χ1) is 12.3. The molecule has 0 saturated carbocycles. The summed E-state index contributed by atoms with van der Waals surface area (Å²) >= 11 is 1.79. The van der Waals surface area contributed by atoms with Crippen molar-refractivity contribution in [1.82, 2.24) is 0 Å². The number of benzene rings is 3. The van der Waals surface area contributed by atoms with Gasteiger partial charge in [-0.1, -0.05) is 60.7 Å². The van der Waals surface area contributed by atoms with Crippen molar-refractivity contribution in [2.45, 2.75) is 16.6 Å². The summed E-state index contributed by atoms with van der Waals surface area (Å²) in [6.45, 7) is 0. The molecule has 1 aliphatic rings. The molecule has 1 heterocycles. The third kappa shape index (κ3) is 3.22. The lowest BCUT2D eigenvalue weighted by Crippen LogP contribution is -2.06. The number of fused-ring (bicyclic) bond motifs is 1. The molecule has 0 amide bonds. The van der Waals surface area contributed by atoms with Crippen LogP contribution >= 0.6 is 11.8 Å². The van der Waals surface area contributed by atoms with Gasteiger partial charge in [-0.05, 0) is 29.3 Å². The van der Waals surface area contributed by atoms with Crippen LogP contribution in [0.1, 0.15) is 28.4 Å². The Balaban J connectivity index is 1.84. The minimum Gasteiger partial charge on any atom is -0.252 e. The number of para-hydroxylation sites is 1. The minimum atomic E-state index is 0.165. The molecular formula is C22H16N2S. The van der Waals surface area contributed by atoms with E-state index in [-0.39, 0.29) is 5.25 Å². The SMILES string of the molecule is N#Cc1ccccc1C1CC(c2ccccc2)=Nc2ccccc2S1. The quantitative estimate of drug-likeness (QED) is 0.581. The summed E-state index contributed by atoms with van der Waals surface area (Å²) in [5, 5.41) is 9.67. The van der Waals surface area contributed by atoms with Gasteiger partial charge in [0, 0.05) is 22.3 Å². The third-order valence-corrected chi connectivity index (χ3v) is 5.61. The van der Waals surface area contributed by atoms with Gasteiger partial charge in [0.25, 0.3) is 0 Å². The molecular weight excluding hydrogens is 324 g/mol. The zero-order chi connectivity index (χ0) is 17.1. The zero-order valence-electron chi connectivity index (χ0n) is 13.6. The largest absolute Gasteiger partial charge is 0.252 e. The number of nitriles is 1. The summed E-state index contributed by atoms with van der Waals surface area (Å²) < 4.78 is 0. The maximum absolute atomic E-state index is 9.51. The van der Waals surface area contributed by atoms with Crippen molar-refractivity contribution in [2.24, 2.45) is 4.99 Å². The summed E-state index contributed by atoms with van der Waals surface area (Å²) in [5.41, 5.74) is 5.03. The van der Waals surface area contributed by atoms with Gasteiger partial charge >= 0.3 is 0 Å². The summed E-state index contributed by atoms with van der Waals surface area (Å²) in [6.07, 6.45) is 0.794. The molecule has 0 bridgehead atoms. The van der Waals surface area contributed by atoms with Crippen molar-refractivity contribution in [3.8, 4) is 6.07 Å². The van der Waals surface area contributed by atoms with Gasteiger partial charge in [-0.3, -0.25) is 4.99 Å². The molecule has 4 rings (SSSR count). The maximum Gasteiger partial charge on any atom is 0.0994 e. The van der Waals surface area contributed by atoms with Gasteiger partial charge in [0.05, 0.1) is 17.3 Å². The standard InChI is InChI=1S/C22H16N2S/c23-15-17-10-4-5-11-18(17)22-14-20(16-8-2-1-3-9-16)24-19-12-6-7-13-21(19)25-22/h1-13,22H,14H2. The fourth-order valence-corrected chi connectivity index (χ4v) is 4.35. The second-order valence-corrected chi connectivity index (χ2v) is 7.15. The number of nitrogens with zero attached hydrogens (tertiary/aromatic N) is 2. The van der Waals surface area contributed by atoms with Gasteiger partial charge < -0.3 is 0 Å². The van der Waals surface area contributed by atoms with E-state index in [9.17, 15) is 5.26 Å². The van der Waals surface area contributed by atoms with Crippen molar-refractivity contribution < 1.29 is 0 Å². The van der Waals surface area contributed by atoms with Crippen molar-refractivity contribution in [2.75, 3.05) is 0 Å². The second-order valence-electron chi connectivity index (χ2n) is 5.90. The van der Waals surface area contributed by atoms with E-state index in [1.165, 1.54) is 0 Å². The lowest BCUT2D eigenvalue weighted by Gasteiger charge is -2.17. The monoisotopic (exact) mass is 340 g/mol. The lowest BCUT2D eigenvalue weighted by molar-refractivity contribution is 1.00. The molecule has 2 nitrogen and oxygen atoms in total. The molecule has 0 radical (unpaired) electrons. The molecule has 3 aromatic rings. The van der Waals surface area contributed by atoms with Gasteiger partial charge in [-0.25, -0.2) is 0 Å². The van der Waals surface area contributed by atoms with E-state index in [0.29, 0.717) is 0 Å². The van der Waals surface area contributed by atoms with Crippen LogP contribution in [0.25, 0.3) is 0 Å². The molecule has 3 aromatic carbocycles. The molecule has 1 atom stereocenters. The van der Waals surface area contributed by atoms with E-state index < -0.39 is 0 Å². The van der Waals surface area contributed by atoms with E-state index in [2.05, 4.69) is 36.4 Å². The van der Waals surface area contributed by atoms with Crippen molar-refractivity contribution >= 4 is 23.2 Å². The lowest BCUT2D eigenvalue weighted by atomic mass is 9.98. The topological polar surface area (TPSA) is 36.1 Å². The Labute approximate surface area is 151 Å². The highest BCUT2D eigenvalue weighted by atomic mass is 32.2. The van der Waals surface area contributed by atoms with E-state index in [1.54, 1.807) is 11.8 Å². The first kappa shape index (κ1) is 15.7. The van der Waals surface area contributed by atoms with Gasteiger partial charge in [0.2, 0.25) is 0 Å². The molecule has 0 saturated heterocycles. The van der Waals surface area contributed by atoms with Crippen LogP contribution in [0.2, 0.25) is 0 Å². The van der Waals surface area contributed by atoms with Gasteiger partial charge in [-0.15, -0.1) is 11.8 Å². The Morgan fingerprint density at radius 3 is 2.44 bits per heavy atom. The molecule has 0 spiro atoms. The molecule has 0 aromatic heterocycles. The van der Waals surface area contributed by atoms with Crippen LogP contribution < -0.4 is 0 Å². The Hall–Kier alpha value is -2.83. The number of hydrogen-bond donors (Lipinski definition) is 0. The second kappa shape index (κ2) is 6.96. The minimum absolute atomic E-state index is 0.165. The Morgan fingerprint density at radius 1 is 0.880 bits per heavy atom. The van der Waals surface area contributed by atoms with Crippen molar-refractivity contribution in [1.29, 1.82) is 5.26 Å². The summed E-state index contributed by atoms with van der Waals surface area (Å²) in [6, 6.07) is 28.8. The van der Waals surface area contributed by atoms with Crippen molar-refractivity contribution in [3.63, 3.8) is 0 Å². The van der Waals surface area contributed by atoms with Crippen molar-refractivity contribution in [3.05, 3.63) is 95.6 Å². The Kier molecular flexibility index (Phi) is 4.37. The predicted molar refractivity (Wildman–Crippen MR) is 103 cm³/mol. The first-order valence-corrected chi connectivity index (χ1v) is 9.11. The van der Waals surface area contributed by atoms with Crippen LogP contribution in [0.5, 0.6) is 0 Å². The molecule has 120 valence electrons. The molecule has 0 fully saturated rings. The summed E-state index contributed by atoms with van der Waals surface area (Å²) in [7, 11) is 0. The Morgan fingerprint density at radius 2 is 1.60 bits per heavy atom. The van der Waals surface area contributed by atoms with E-state index in [0.717, 1.165) is 39.4 Å². The molecule has 3 heteroatoms. The van der Waals surface area contributed by atoms with Crippen LogP contribution in [-0.2, 0) is 0 Å². The van der Waals surface area contributed by atoms with Crippen LogP contribution in [0.15, 0.2) is 88.8 Å². The normalized spacial score (nSPS) is 16.3. The fourth-order valence-electron chi connectivity index (χ4n) is 3.08. The number of hydrogen-bond acceptors (Lipinski definition) is 3. The summed E-state index contributed by atoms with van der Waals surface area (Å²) in [5.74, 6) is 0. The van der Waals surface area contributed by atoms with E-state index in [1.807, 2.05) is 48.5 Å². The van der Waals surface area contributed by atoms with Gasteiger partial charge in [-0.2, -0.15) is 5.26 Å². The Bertz CT molecular complexity index is 971. The number of thioether (sulfide) groups is 1. The maximum atomic E-state index is 9.51. The average molecular weight is 340 g/mol.